The second kappa shape index (κ2) is 14.0. The molecule has 0 spiro atoms. The molecule has 0 bridgehead atoms. The zero-order valence-electron chi connectivity index (χ0n) is 22.5. The van der Waals surface area contributed by atoms with Crippen molar-refractivity contribution in [2.24, 2.45) is 5.10 Å². The summed E-state index contributed by atoms with van der Waals surface area (Å²) in [6, 6.07) is 11.4. The summed E-state index contributed by atoms with van der Waals surface area (Å²) >= 11 is 4.64. The Labute approximate surface area is 249 Å². The van der Waals surface area contributed by atoms with E-state index < -0.39 is 23.8 Å². The summed E-state index contributed by atoms with van der Waals surface area (Å²) in [4.78, 5) is 51.5. The third-order valence-corrected chi connectivity index (χ3v) is 7.73. The monoisotopic (exact) mass is 641 g/mol. The van der Waals surface area contributed by atoms with Crippen LogP contribution in [0, 0.1) is 0 Å². The van der Waals surface area contributed by atoms with Crippen LogP contribution in [0.1, 0.15) is 63.4 Å². The van der Waals surface area contributed by atoms with Crippen molar-refractivity contribution in [3.05, 3.63) is 74.1 Å². The van der Waals surface area contributed by atoms with E-state index in [-0.39, 0.29) is 17.4 Å². The van der Waals surface area contributed by atoms with E-state index in [2.05, 4.69) is 31.8 Å². The van der Waals surface area contributed by atoms with Gasteiger partial charge < -0.3 is 19.5 Å². The van der Waals surface area contributed by atoms with Gasteiger partial charge in [-0.1, -0.05) is 15.9 Å². The number of rotatable bonds is 9. The molecular formula is C29H28BrN3O7S. The highest BCUT2D eigenvalue weighted by Gasteiger charge is 2.28. The van der Waals surface area contributed by atoms with E-state index in [0.29, 0.717) is 39.9 Å². The first-order valence-corrected chi connectivity index (χ1v) is 14.6. The zero-order valence-corrected chi connectivity index (χ0v) is 24.9. The number of carbonyl (C=O) groups is 4. The highest BCUT2D eigenvalue weighted by atomic mass is 79.9. The third kappa shape index (κ3) is 7.59. The van der Waals surface area contributed by atoms with Gasteiger partial charge in [-0.3, -0.25) is 9.59 Å². The molecular weight excluding hydrogens is 614 g/mol. The first kappa shape index (κ1) is 29.9. The van der Waals surface area contributed by atoms with Crippen molar-refractivity contribution in [3.8, 4) is 11.5 Å². The number of benzene rings is 2. The average Bonchev–Trinajstić information content (AvgIpc) is 3.32. The number of nitrogens with one attached hydrogen (secondary N) is 2. The molecule has 10 nitrogen and oxygen atoms in total. The highest BCUT2D eigenvalue weighted by Crippen LogP contribution is 2.38. The fourth-order valence-electron chi connectivity index (χ4n) is 4.17. The molecule has 41 heavy (non-hydrogen) atoms. The number of hydrazone groups is 1. The van der Waals surface area contributed by atoms with Crippen molar-refractivity contribution in [2.75, 3.05) is 18.5 Å². The minimum absolute atomic E-state index is 0.192. The lowest BCUT2D eigenvalue weighted by atomic mass is 9.95. The Morgan fingerprint density at radius 3 is 2.46 bits per heavy atom. The number of amides is 2. The summed E-state index contributed by atoms with van der Waals surface area (Å²) < 4.78 is 16.8. The number of ether oxygens (including phenoxy) is 3. The van der Waals surface area contributed by atoms with Crippen LogP contribution in [-0.4, -0.2) is 43.2 Å². The molecule has 1 aromatic heterocycles. The van der Waals surface area contributed by atoms with Crippen molar-refractivity contribution in [1.29, 1.82) is 0 Å². The lowest BCUT2D eigenvalue weighted by Gasteiger charge is -2.12. The maximum absolute atomic E-state index is 12.7. The van der Waals surface area contributed by atoms with Crippen LogP contribution >= 0.6 is 27.3 Å². The van der Waals surface area contributed by atoms with Gasteiger partial charge in [0.1, 0.15) is 16.5 Å². The van der Waals surface area contributed by atoms with Gasteiger partial charge in [0.25, 0.3) is 0 Å². The molecule has 0 fully saturated rings. The minimum atomic E-state index is -1.04. The fourth-order valence-corrected chi connectivity index (χ4v) is 5.82. The maximum Gasteiger partial charge on any atom is 0.343 e. The van der Waals surface area contributed by atoms with Crippen LogP contribution in [0.4, 0.5) is 5.00 Å². The Morgan fingerprint density at radius 1 is 0.976 bits per heavy atom. The van der Waals surface area contributed by atoms with Crippen LogP contribution in [0.3, 0.4) is 0 Å². The first-order chi connectivity index (χ1) is 19.8. The number of hydrogen-bond donors (Lipinski definition) is 2. The smallest absolute Gasteiger partial charge is 0.343 e. The van der Waals surface area contributed by atoms with Crippen molar-refractivity contribution in [2.45, 2.75) is 39.5 Å². The van der Waals surface area contributed by atoms with Crippen LogP contribution in [0.5, 0.6) is 11.5 Å². The molecule has 1 aliphatic carbocycles. The molecule has 0 radical (unpaired) electrons. The molecule has 2 amide bonds. The fraction of sp³-hybridized carbons (Fsp3) is 0.276. The first-order valence-electron chi connectivity index (χ1n) is 13.0. The number of anilines is 1. The maximum atomic E-state index is 12.7. The second-order valence-electron chi connectivity index (χ2n) is 8.82. The van der Waals surface area contributed by atoms with E-state index in [1.165, 1.54) is 17.6 Å². The number of thiophene rings is 1. The standard InChI is InChI=1S/C29H28BrN3O7S/c1-3-38-20-12-9-17(10-13-20)28(36)40-22-14-11-19(30)15-18(22)16-31-33-26(35)25(34)32-27-24(29(37)39-4-2)21-7-5-6-8-23(21)41-27/h9-16H,3-8H2,1-2H3,(H,32,34)(H,33,35)/b31-16+. The molecule has 0 atom stereocenters. The van der Waals surface area contributed by atoms with Crippen molar-refractivity contribution in [3.63, 3.8) is 0 Å². The summed E-state index contributed by atoms with van der Waals surface area (Å²) in [7, 11) is 0. The summed E-state index contributed by atoms with van der Waals surface area (Å²) in [6.45, 7) is 4.27. The molecule has 0 saturated heterocycles. The summed E-state index contributed by atoms with van der Waals surface area (Å²) in [5.74, 6) is -2.31. The van der Waals surface area contributed by atoms with Gasteiger partial charge >= 0.3 is 23.8 Å². The predicted octanol–water partition coefficient (Wildman–Crippen LogP) is 5.27. The van der Waals surface area contributed by atoms with Gasteiger partial charge in [0.15, 0.2) is 0 Å². The molecule has 0 aliphatic heterocycles. The molecule has 4 rings (SSSR count). The Hall–Kier alpha value is -4.03. The van der Waals surface area contributed by atoms with E-state index in [1.54, 1.807) is 49.4 Å². The van der Waals surface area contributed by atoms with Gasteiger partial charge in [-0.15, -0.1) is 11.3 Å². The number of fused-ring (bicyclic) bond motifs is 1. The molecule has 2 aromatic carbocycles. The Balaban J connectivity index is 1.43. The van der Waals surface area contributed by atoms with Crippen LogP contribution < -0.4 is 20.2 Å². The van der Waals surface area contributed by atoms with Crippen molar-refractivity contribution < 1.29 is 33.4 Å². The van der Waals surface area contributed by atoms with Crippen LogP contribution in [0.2, 0.25) is 0 Å². The van der Waals surface area contributed by atoms with E-state index in [9.17, 15) is 19.2 Å². The molecule has 12 heteroatoms. The number of aryl methyl sites for hydroxylation is 1. The topological polar surface area (TPSA) is 132 Å². The number of nitrogens with zero attached hydrogens (tertiary/aromatic N) is 1. The van der Waals surface area contributed by atoms with E-state index >= 15 is 0 Å². The SMILES string of the molecule is CCOC(=O)c1c(NC(=O)C(=O)N/N=C/c2cc(Br)ccc2OC(=O)c2ccc(OCC)cc2)sc2c1CCCC2. The quantitative estimate of drug-likeness (QED) is 0.107. The zero-order chi connectivity index (χ0) is 29.4. The number of esters is 2. The number of carbonyl (C=O) groups excluding carboxylic acids is 4. The van der Waals surface area contributed by atoms with Gasteiger partial charge in [0.2, 0.25) is 0 Å². The second-order valence-corrected chi connectivity index (χ2v) is 10.8. The third-order valence-electron chi connectivity index (χ3n) is 6.03. The molecule has 1 aliphatic rings. The van der Waals surface area contributed by atoms with Crippen molar-refractivity contribution >= 4 is 62.2 Å². The molecule has 0 saturated carbocycles. The molecule has 2 N–H and O–H groups in total. The van der Waals surface area contributed by atoms with Gasteiger partial charge in [-0.05, 0) is 87.6 Å². The Morgan fingerprint density at radius 2 is 1.73 bits per heavy atom. The Bertz CT molecular complexity index is 1480. The van der Waals surface area contributed by atoms with E-state index in [1.807, 2.05) is 6.92 Å². The highest BCUT2D eigenvalue weighted by molar-refractivity contribution is 9.10. The molecule has 3 aromatic rings. The minimum Gasteiger partial charge on any atom is -0.494 e. The van der Waals surface area contributed by atoms with E-state index in [0.717, 1.165) is 29.7 Å². The largest absolute Gasteiger partial charge is 0.494 e. The van der Waals surface area contributed by atoms with Gasteiger partial charge in [0, 0.05) is 14.9 Å². The average molecular weight is 643 g/mol. The van der Waals surface area contributed by atoms with Crippen LogP contribution in [0.25, 0.3) is 0 Å². The van der Waals surface area contributed by atoms with Crippen molar-refractivity contribution in [1.82, 2.24) is 5.43 Å². The van der Waals surface area contributed by atoms with Gasteiger partial charge in [-0.2, -0.15) is 5.10 Å². The lowest BCUT2D eigenvalue weighted by molar-refractivity contribution is -0.136. The predicted molar refractivity (Wildman–Crippen MR) is 158 cm³/mol. The molecule has 214 valence electrons. The lowest BCUT2D eigenvalue weighted by Crippen LogP contribution is -2.32. The van der Waals surface area contributed by atoms with Crippen LogP contribution in [-0.2, 0) is 27.2 Å². The normalized spacial score (nSPS) is 12.4. The number of halogens is 1. The summed E-state index contributed by atoms with van der Waals surface area (Å²) in [5.41, 5.74) is 4.05. The summed E-state index contributed by atoms with van der Waals surface area (Å²) in [5, 5.41) is 6.69. The molecule has 0 unspecified atom stereocenters. The Kier molecular flexibility index (Phi) is 10.3. The van der Waals surface area contributed by atoms with Crippen LogP contribution in [0.15, 0.2) is 52.0 Å². The van der Waals surface area contributed by atoms with E-state index in [4.69, 9.17) is 14.2 Å². The summed E-state index contributed by atoms with van der Waals surface area (Å²) in [6.07, 6.45) is 4.70. The van der Waals surface area contributed by atoms with Gasteiger partial charge in [-0.25, -0.2) is 15.0 Å². The van der Waals surface area contributed by atoms with Gasteiger partial charge in [0.05, 0.1) is 30.6 Å². The number of hydrogen-bond acceptors (Lipinski definition) is 9. The molecule has 1 heterocycles.